The summed E-state index contributed by atoms with van der Waals surface area (Å²) in [5.74, 6) is -0.605. The van der Waals surface area contributed by atoms with Gasteiger partial charge < -0.3 is 10.2 Å². The van der Waals surface area contributed by atoms with Crippen molar-refractivity contribution in [3.8, 4) is 11.1 Å². The van der Waals surface area contributed by atoms with E-state index in [4.69, 9.17) is 0 Å². The van der Waals surface area contributed by atoms with Gasteiger partial charge in [-0.25, -0.2) is 13.4 Å². The molecule has 0 aliphatic rings. The fraction of sp³-hybridized carbons (Fsp3) is 0.348. The van der Waals surface area contributed by atoms with Crippen LogP contribution in [0, 0.1) is 0 Å². The highest BCUT2D eigenvalue weighted by molar-refractivity contribution is 7.92. The third-order valence-electron chi connectivity index (χ3n) is 5.90. The van der Waals surface area contributed by atoms with E-state index < -0.39 is 20.5 Å². The summed E-state index contributed by atoms with van der Waals surface area (Å²) in [6.07, 6.45) is 2.38. The van der Waals surface area contributed by atoms with Gasteiger partial charge in [-0.1, -0.05) is 18.2 Å². The van der Waals surface area contributed by atoms with E-state index in [2.05, 4.69) is 10.3 Å². The fourth-order valence-electron chi connectivity index (χ4n) is 3.51. The zero-order valence-corrected chi connectivity index (χ0v) is 19.7. The molecule has 0 unspecified atom stereocenters. The molecule has 0 fully saturated rings. The molecule has 3 rings (SSSR count). The van der Waals surface area contributed by atoms with Gasteiger partial charge in [0, 0.05) is 39.6 Å². The Hall–Kier alpha value is -3.20. The maximum absolute atomic E-state index is 13.0. The molecular weight excluding hydrogens is 428 g/mol. The van der Waals surface area contributed by atoms with Gasteiger partial charge in [0.15, 0.2) is 9.84 Å². The monoisotopic (exact) mass is 456 g/mol. The Morgan fingerprint density at radius 1 is 1.12 bits per heavy atom. The lowest BCUT2D eigenvalue weighted by Crippen LogP contribution is -2.49. The van der Waals surface area contributed by atoms with E-state index in [0.29, 0.717) is 10.9 Å². The normalized spacial score (nSPS) is 13.5. The molecule has 0 saturated heterocycles. The molecule has 0 aliphatic heterocycles. The van der Waals surface area contributed by atoms with Crippen molar-refractivity contribution in [3.05, 3.63) is 59.1 Å². The van der Waals surface area contributed by atoms with Crippen molar-refractivity contribution in [1.29, 1.82) is 0 Å². The highest BCUT2D eigenvalue weighted by Gasteiger charge is 2.42. The first kappa shape index (κ1) is 23.5. The van der Waals surface area contributed by atoms with Crippen LogP contribution < -0.4 is 15.8 Å². The Bertz CT molecular complexity index is 1310. The lowest BCUT2D eigenvalue weighted by molar-refractivity contribution is -0.123. The molecule has 2 aromatic carbocycles. The van der Waals surface area contributed by atoms with E-state index in [0.717, 1.165) is 23.1 Å². The van der Waals surface area contributed by atoms with Crippen LogP contribution in [0.3, 0.4) is 0 Å². The summed E-state index contributed by atoms with van der Waals surface area (Å²) in [5, 5.41) is 2.83. The first-order valence-corrected chi connectivity index (χ1v) is 12.1. The van der Waals surface area contributed by atoms with Crippen LogP contribution in [0.25, 0.3) is 22.0 Å². The minimum atomic E-state index is -3.70. The van der Waals surface area contributed by atoms with Crippen molar-refractivity contribution in [2.75, 3.05) is 32.3 Å². The van der Waals surface area contributed by atoms with E-state index in [9.17, 15) is 18.0 Å². The predicted octanol–water partition coefficient (Wildman–Crippen LogP) is 2.07. The van der Waals surface area contributed by atoms with E-state index in [-0.39, 0.29) is 18.5 Å². The zero-order valence-electron chi connectivity index (χ0n) is 18.9. The smallest absolute Gasteiger partial charge is 0.261 e. The molecule has 0 bridgehead atoms. The van der Waals surface area contributed by atoms with Gasteiger partial charge in [-0.15, -0.1) is 0 Å². The predicted molar refractivity (Wildman–Crippen MR) is 128 cm³/mol. The van der Waals surface area contributed by atoms with Crippen LogP contribution >= 0.6 is 0 Å². The zero-order chi connectivity index (χ0) is 23.7. The van der Waals surface area contributed by atoms with Gasteiger partial charge in [-0.2, -0.15) is 0 Å². The Morgan fingerprint density at radius 2 is 1.75 bits per heavy atom. The van der Waals surface area contributed by atoms with Crippen LogP contribution in [0.5, 0.6) is 0 Å². The fourth-order valence-corrected chi connectivity index (χ4v) is 4.42. The Morgan fingerprint density at radius 3 is 2.31 bits per heavy atom. The summed E-state index contributed by atoms with van der Waals surface area (Å²) in [7, 11) is 1.65. The van der Waals surface area contributed by atoms with Gasteiger partial charge in [-0.05, 0) is 48.7 Å². The number of anilines is 1. The van der Waals surface area contributed by atoms with Gasteiger partial charge in [0.05, 0.1) is 17.2 Å². The average molecular weight is 457 g/mol. The first-order chi connectivity index (χ1) is 15.0. The van der Waals surface area contributed by atoms with Crippen molar-refractivity contribution in [1.82, 2.24) is 14.9 Å². The molecule has 9 heteroatoms. The number of hydrogen-bond acceptors (Lipinski definition) is 6. The molecule has 0 spiro atoms. The minimum absolute atomic E-state index is 0.0467. The van der Waals surface area contributed by atoms with Gasteiger partial charge >= 0.3 is 0 Å². The van der Waals surface area contributed by atoms with E-state index in [1.807, 2.05) is 55.4 Å². The molecule has 0 aliphatic carbocycles. The lowest BCUT2D eigenvalue weighted by atomic mass is 10.0. The molecule has 32 heavy (non-hydrogen) atoms. The number of hydrogen-bond donors (Lipinski definition) is 1. The topological polar surface area (TPSA) is 101 Å². The van der Waals surface area contributed by atoms with Crippen molar-refractivity contribution in [2.45, 2.75) is 24.6 Å². The lowest BCUT2D eigenvalue weighted by Gasteiger charge is -2.25. The highest BCUT2D eigenvalue weighted by Crippen LogP contribution is 2.25. The molecule has 8 nitrogen and oxygen atoms in total. The average Bonchev–Trinajstić information content (AvgIpc) is 2.76. The Kier molecular flexibility index (Phi) is 6.41. The van der Waals surface area contributed by atoms with E-state index >= 15 is 0 Å². The van der Waals surface area contributed by atoms with Crippen molar-refractivity contribution in [2.24, 2.45) is 0 Å². The van der Waals surface area contributed by atoms with Crippen LogP contribution in [0.2, 0.25) is 0 Å². The molecule has 0 radical (unpaired) electrons. The molecule has 1 heterocycles. The number of aromatic nitrogens is 2. The summed E-state index contributed by atoms with van der Waals surface area (Å²) in [6, 6.07) is 13.5. The Balaban J connectivity index is 1.92. The Labute approximate surface area is 187 Å². The molecule has 1 atom stereocenters. The molecule has 1 N–H and O–H groups in total. The third kappa shape index (κ3) is 4.38. The number of rotatable bonds is 7. The summed E-state index contributed by atoms with van der Waals surface area (Å²) in [4.78, 5) is 31.6. The minimum Gasteiger partial charge on any atom is -0.378 e. The van der Waals surface area contributed by atoms with Crippen molar-refractivity contribution in [3.63, 3.8) is 0 Å². The number of fused-ring (bicyclic) bond motifs is 1. The number of benzene rings is 2. The third-order valence-corrected chi connectivity index (χ3v) is 7.92. The van der Waals surface area contributed by atoms with E-state index in [1.54, 1.807) is 6.07 Å². The van der Waals surface area contributed by atoms with Crippen LogP contribution in [0.4, 0.5) is 5.69 Å². The second-order valence-electron chi connectivity index (χ2n) is 8.25. The van der Waals surface area contributed by atoms with Crippen molar-refractivity contribution >= 4 is 32.3 Å². The second-order valence-corrected chi connectivity index (χ2v) is 10.7. The number of aryl methyl sites for hydroxylation is 1. The standard InChI is InChI=1S/C23H28N4O4S/c1-23(22(29)24-2,32(5,30)31)12-13-27-15-25-20-14-17(8-11-19(20)21(27)28)16-6-9-18(10-7-16)26(3)4/h6-11,14-15H,12-13H2,1-5H3,(H,24,29)/t23-/m1/s1. The number of nitrogens with zero attached hydrogens (tertiary/aromatic N) is 3. The van der Waals surface area contributed by atoms with Gasteiger partial charge in [0.1, 0.15) is 4.75 Å². The number of nitrogens with one attached hydrogen (secondary N) is 1. The van der Waals surface area contributed by atoms with Crippen molar-refractivity contribution < 1.29 is 13.2 Å². The molecule has 1 amide bonds. The van der Waals surface area contributed by atoms with Crippen LogP contribution in [0.1, 0.15) is 13.3 Å². The maximum atomic E-state index is 13.0. The molecular formula is C23H28N4O4S. The summed E-state index contributed by atoms with van der Waals surface area (Å²) < 4.78 is 24.2. The van der Waals surface area contributed by atoms with Gasteiger partial charge in [-0.3, -0.25) is 14.2 Å². The summed E-state index contributed by atoms with van der Waals surface area (Å²) in [5.41, 5.74) is 3.32. The summed E-state index contributed by atoms with van der Waals surface area (Å²) >= 11 is 0. The molecule has 0 saturated carbocycles. The molecule has 3 aromatic rings. The maximum Gasteiger partial charge on any atom is 0.261 e. The second kappa shape index (κ2) is 8.74. The quantitative estimate of drug-likeness (QED) is 0.584. The largest absolute Gasteiger partial charge is 0.378 e. The highest BCUT2D eigenvalue weighted by atomic mass is 32.2. The van der Waals surface area contributed by atoms with Crippen LogP contribution in [-0.2, 0) is 21.2 Å². The van der Waals surface area contributed by atoms with E-state index in [1.165, 1.54) is 24.9 Å². The SMILES string of the molecule is CNC(=O)[C@@](C)(CCn1cnc2cc(-c3ccc(N(C)C)cc3)ccc2c1=O)S(C)(=O)=O. The van der Waals surface area contributed by atoms with Crippen LogP contribution in [-0.4, -0.2) is 56.0 Å². The van der Waals surface area contributed by atoms with Gasteiger partial charge in [0.2, 0.25) is 5.91 Å². The molecule has 170 valence electrons. The number of sulfone groups is 1. The number of carbonyl (C=O) groups excluding carboxylic acids is 1. The van der Waals surface area contributed by atoms with Crippen LogP contribution in [0.15, 0.2) is 53.6 Å². The molecule has 1 aromatic heterocycles. The summed E-state index contributed by atoms with van der Waals surface area (Å²) in [6.45, 7) is 1.42. The number of carbonyl (C=O) groups is 1. The first-order valence-electron chi connectivity index (χ1n) is 10.2. The van der Waals surface area contributed by atoms with Gasteiger partial charge in [0.25, 0.3) is 5.56 Å². The number of amides is 1.